The Morgan fingerprint density at radius 3 is 2.77 bits per heavy atom. The molecule has 0 aromatic heterocycles. The predicted molar refractivity (Wildman–Crippen MR) is 52.5 cm³/mol. The molecule has 0 saturated heterocycles. The largest absolute Gasteiger partial charge is 0.382 e. The zero-order valence-corrected chi connectivity index (χ0v) is 7.67. The molecule has 1 saturated carbocycles. The topological polar surface area (TPSA) is 35.8 Å². The number of hydrogen-bond acceptors (Lipinski definition) is 2. The van der Waals surface area contributed by atoms with Gasteiger partial charge in [0, 0.05) is 11.7 Å². The van der Waals surface area contributed by atoms with Gasteiger partial charge in [-0.1, -0.05) is 0 Å². The Bertz CT molecular complexity index is 359. The monoisotopic (exact) mass is 172 g/mol. The van der Waals surface area contributed by atoms with Crippen molar-refractivity contribution in [2.75, 3.05) is 5.32 Å². The van der Waals surface area contributed by atoms with Crippen LogP contribution in [-0.4, -0.2) is 6.04 Å². The van der Waals surface area contributed by atoms with E-state index in [2.05, 4.69) is 17.5 Å². The van der Waals surface area contributed by atoms with Crippen LogP contribution in [0, 0.1) is 18.3 Å². The van der Waals surface area contributed by atoms with Gasteiger partial charge in [-0.15, -0.1) is 0 Å². The molecule has 2 rings (SSSR count). The molecule has 1 aromatic carbocycles. The fraction of sp³-hybridized carbons (Fsp3) is 0.364. The van der Waals surface area contributed by atoms with E-state index in [-0.39, 0.29) is 0 Å². The van der Waals surface area contributed by atoms with Crippen molar-refractivity contribution in [3.8, 4) is 6.07 Å². The van der Waals surface area contributed by atoms with Crippen LogP contribution in [0.3, 0.4) is 0 Å². The molecule has 0 heterocycles. The average Bonchev–Trinajstić information content (AvgIpc) is 2.87. The van der Waals surface area contributed by atoms with E-state index in [0.29, 0.717) is 6.04 Å². The van der Waals surface area contributed by atoms with Crippen LogP contribution in [0.4, 0.5) is 5.69 Å². The lowest BCUT2D eigenvalue weighted by atomic mass is 10.1. The summed E-state index contributed by atoms with van der Waals surface area (Å²) < 4.78 is 0. The molecule has 1 aromatic rings. The van der Waals surface area contributed by atoms with E-state index in [0.717, 1.165) is 16.8 Å². The first kappa shape index (κ1) is 8.12. The summed E-state index contributed by atoms with van der Waals surface area (Å²) in [7, 11) is 0. The van der Waals surface area contributed by atoms with E-state index in [1.807, 2.05) is 19.1 Å². The van der Waals surface area contributed by atoms with Crippen LogP contribution in [-0.2, 0) is 0 Å². The van der Waals surface area contributed by atoms with E-state index in [1.54, 1.807) is 0 Å². The summed E-state index contributed by atoms with van der Waals surface area (Å²) in [5, 5.41) is 12.1. The predicted octanol–water partition coefficient (Wildman–Crippen LogP) is 2.44. The summed E-state index contributed by atoms with van der Waals surface area (Å²) >= 11 is 0. The number of benzene rings is 1. The number of hydrogen-bond donors (Lipinski definition) is 1. The standard InChI is InChI=1S/C11H12N2/c1-8-4-9(7-12)6-11(5-8)13-10-2-3-10/h4-6,10,13H,2-3H2,1H3. The molecule has 0 amide bonds. The fourth-order valence-corrected chi connectivity index (χ4v) is 1.39. The third-order valence-corrected chi connectivity index (χ3v) is 2.15. The maximum absolute atomic E-state index is 8.76. The van der Waals surface area contributed by atoms with Gasteiger partial charge < -0.3 is 5.32 Å². The molecule has 1 fully saturated rings. The molecule has 1 aliphatic rings. The first-order valence-corrected chi connectivity index (χ1v) is 4.56. The van der Waals surface area contributed by atoms with Gasteiger partial charge in [0.1, 0.15) is 0 Å². The maximum atomic E-state index is 8.76. The van der Waals surface area contributed by atoms with E-state index in [1.165, 1.54) is 12.8 Å². The smallest absolute Gasteiger partial charge is 0.0992 e. The van der Waals surface area contributed by atoms with Gasteiger partial charge in [0.25, 0.3) is 0 Å². The Morgan fingerprint density at radius 1 is 1.38 bits per heavy atom. The Hall–Kier alpha value is -1.49. The van der Waals surface area contributed by atoms with E-state index >= 15 is 0 Å². The van der Waals surface area contributed by atoms with Crippen molar-refractivity contribution < 1.29 is 0 Å². The summed E-state index contributed by atoms with van der Waals surface area (Å²) in [6.07, 6.45) is 2.52. The second-order valence-corrected chi connectivity index (χ2v) is 3.62. The van der Waals surface area contributed by atoms with Crippen molar-refractivity contribution in [3.63, 3.8) is 0 Å². The molecule has 0 atom stereocenters. The number of rotatable bonds is 2. The Balaban J connectivity index is 2.24. The molecule has 0 aliphatic heterocycles. The number of nitriles is 1. The maximum Gasteiger partial charge on any atom is 0.0992 e. The minimum Gasteiger partial charge on any atom is -0.382 e. The third-order valence-electron chi connectivity index (χ3n) is 2.15. The Labute approximate surface area is 78.2 Å². The van der Waals surface area contributed by atoms with E-state index in [4.69, 9.17) is 5.26 Å². The van der Waals surface area contributed by atoms with Crippen molar-refractivity contribution >= 4 is 5.69 Å². The number of nitrogens with one attached hydrogen (secondary N) is 1. The van der Waals surface area contributed by atoms with Crippen LogP contribution in [0.5, 0.6) is 0 Å². The normalized spacial score (nSPS) is 15.1. The van der Waals surface area contributed by atoms with Crippen LogP contribution >= 0.6 is 0 Å². The zero-order chi connectivity index (χ0) is 9.26. The van der Waals surface area contributed by atoms with E-state index < -0.39 is 0 Å². The highest BCUT2D eigenvalue weighted by Gasteiger charge is 2.20. The van der Waals surface area contributed by atoms with Crippen molar-refractivity contribution in [2.24, 2.45) is 0 Å². The van der Waals surface area contributed by atoms with Crippen LogP contribution in [0.1, 0.15) is 24.0 Å². The minimum absolute atomic E-state index is 0.647. The van der Waals surface area contributed by atoms with Crippen LogP contribution in [0.2, 0.25) is 0 Å². The summed E-state index contributed by atoms with van der Waals surface area (Å²) in [5.74, 6) is 0. The molecule has 1 aliphatic carbocycles. The molecule has 0 bridgehead atoms. The van der Waals surface area contributed by atoms with Crippen molar-refractivity contribution in [3.05, 3.63) is 29.3 Å². The number of aryl methyl sites for hydroxylation is 1. The van der Waals surface area contributed by atoms with Crippen molar-refractivity contribution in [1.82, 2.24) is 0 Å². The molecule has 0 unspecified atom stereocenters. The van der Waals surface area contributed by atoms with Gasteiger partial charge in [-0.3, -0.25) is 0 Å². The van der Waals surface area contributed by atoms with Gasteiger partial charge in [-0.25, -0.2) is 0 Å². The quantitative estimate of drug-likeness (QED) is 0.743. The molecule has 13 heavy (non-hydrogen) atoms. The van der Waals surface area contributed by atoms with Gasteiger partial charge in [-0.05, 0) is 43.5 Å². The van der Waals surface area contributed by atoms with Gasteiger partial charge >= 0.3 is 0 Å². The van der Waals surface area contributed by atoms with Crippen molar-refractivity contribution in [2.45, 2.75) is 25.8 Å². The molecular weight excluding hydrogens is 160 g/mol. The van der Waals surface area contributed by atoms with Gasteiger partial charge in [-0.2, -0.15) is 5.26 Å². The molecule has 0 spiro atoms. The SMILES string of the molecule is Cc1cc(C#N)cc(NC2CC2)c1. The molecule has 2 nitrogen and oxygen atoms in total. The highest BCUT2D eigenvalue weighted by Crippen LogP contribution is 2.25. The molecular formula is C11H12N2. The molecule has 1 N–H and O–H groups in total. The van der Waals surface area contributed by atoms with Crippen molar-refractivity contribution in [1.29, 1.82) is 5.26 Å². The number of nitrogens with zero attached hydrogens (tertiary/aromatic N) is 1. The summed E-state index contributed by atoms with van der Waals surface area (Å²) in [5.41, 5.74) is 2.96. The zero-order valence-electron chi connectivity index (χ0n) is 7.67. The molecule has 66 valence electrons. The third kappa shape index (κ3) is 2.00. The first-order valence-electron chi connectivity index (χ1n) is 4.56. The lowest BCUT2D eigenvalue weighted by molar-refractivity contribution is 1.15. The molecule has 2 heteroatoms. The van der Waals surface area contributed by atoms with E-state index in [9.17, 15) is 0 Å². The van der Waals surface area contributed by atoms with Gasteiger partial charge in [0.15, 0.2) is 0 Å². The Morgan fingerprint density at radius 2 is 2.15 bits per heavy atom. The number of anilines is 1. The van der Waals surface area contributed by atoms with Crippen LogP contribution < -0.4 is 5.32 Å². The minimum atomic E-state index is 0.647. The van der Waals surface area contributed by atoms with Gasteiger partial charge in [0.05, 0.1) is 11.6 Å². The Kier molecular flexibility index (Phi) is 1.94. The highest BCUT2D eigenvalue weighted by molar-refractivity contribution is 5.52. The highest BCUT2D eigenvalue weighted by atomic mass is 14.9. The van der Waals surface area contributed by atoms with Gasteiger partial charge in [0.2, 0.25) is 0 Å². The lowest BCUT2D eigenvalue weighted by Gasteiger charge is -2.05. The summed E-state index contributed by atoms with van der Waals surface area (Å²) in [6.45, 7) is 2.01. The summed E-state index contributed by atoms with van der Waals surface area (Å²) in [6, 6.07) is 8.70. The second-order valence-electron chi connectivity index (χ2n) is 3.62. The first-order chi connectivity index (χ1) is 6.28. The molecule has 0 radical (unpaired) electrons. The average molecular weight is 172 g/mol. The lowest BCUT2D eigenvalue weighted by Crippen LogP contribution is -2.01. The fourth-order valence-electron chi connectivity index (χ4n) is 1.39. The summed E-state index contributed by atoms with van der Waals surface area (Å²) in [4.78, 5) is 0. The van der Waals surface area contributed by atoms with Crippen LogP contribution in [0.25, 0.3) is 0 Å². The second kappa shape index (κ2) is 3.10. The van der Waals surface area contributed by atoms with Crippen LogP contribution in [0.15, 0.2) is 18.2 Å².